The summed E-state index contributed by atoms with van der Waals surface area (Å²) in [5.41, 5.74) is 4.69. The van der Waals surface area contributed by atoms with Gasteiger partial charge in [-0.05, 0) is 82.5 Å². The lowest BCUT2D eigenvalue weighted by Gasteiger charge is -2.26. The highest BCUT2D eigenvalue weighted by Crippen LogP contribution is 2.38. The number of nitrogens with zero attached hydrogens (tertiary/aromatic N) is 4. The van der Waals surface area contributed by atoms with E-state index in [0.29, 0.717) is 39.5 Å². The summed E-state index contributed by atoms with van der Waals surface area (Å²) in [6.07, 6.45) is 4.87. The molecule has 10 aromatic rings. The topological polar surface area (TPSA) is 35.9 Å². The minimum Gasteiger partial charge on any atom is -0.458 e. The van der Waals surface area contributed by atoms with Crippen LogP contribution in [-0.2, 0) is 5.41 Å². The molecule has 7 aromatic carbocycles. The van der Waals surface area contributed by atoms with Crippen LogP contribution in [0, 0.1) is 13.2 Å². The molecule has 0 N–H and O–H groups in total. The van der Waals surface area contributed by atoms with Gasteiger partial charge in [0.05, 0.1) is 47.1 Å². The molecule has 10 rings (SSSR count). The second-order valence-electron chi connectivity index (χ2n) is 14.9. The van der Waals surface area contributed by atoms with E-state index in [9.17, 15) is 0 Å². The average molecular weight is 764 g/mol. The highest BCUT2D eigenvalue weighted by Gasteiger charge is 2.25. The first-order valence-electron chi connectivity index (χ1n) is 25.2. The molecule has 3 aromatic heterocycles. The molecule has 0 amide bonds. The molecule has 0 saturated heterocycles. The Bertz CT molecular complexity index is 3790. The zero-order valence-electron chi connectivity index (χ0n) is 44.7. The van der Waals surface area contributed by atoms with Crippen molar-refractivity contribution in [1.29, 1.82) is 0 Å². The van der Waals surface area contributed by atoms with Crippen LogP contribution in [0.4, 0.5) is 0 Å². The van der Waals surface area contributed by atoms with E-state index in [4.69, 9.17) is 22.6 Å². The first kappa shape index (κ1) is 23.7. The van der Waals surface area contributed by atoms with Crippen molar-refractivity contribution in [3.8, 4) is 50.9 Å². The molecule has 0 bridgehead atoms. The molecule has 0 radical (unpaired) electrons. The first-order valence-corrected chi connectivity index (χ1v) is 18.7. The van der Waals surface area contributed by atoms with Gasteiger partial charge < -0.3 is 4.74 Å². The average Bonchev–Trinajstić information content (AvgIpc) is 3.89. The maximum absolute atomic E-state index is 8.94. The van der Waals surface area contributed by atoms with Gasteiger partial charge in [0.1, 0.15) is 17.3 Å². The van der Waals surface area contributed by atoms with E-state index in [-0.39, 0.29) is 40.2 Å². The summed E-state index contributed by atoms with van der Waals surface area (Å²) in [5.74, 6) is 0.947. The van der Waals surface area contributed by atoms with Crippen molar-refractivity contribution in [2.24, 2.45) is 0 Å². The molecule has 0 atom stereocenters. The molecule has 0 aliphatic heterocycles. The summed E-state index contributed by atoms with van der Waals surface area (Å²) in [6, 6.07) is 30.5. The van der Waals surface area contributed by atoms with E-state index >= 15 is 0 Å². The molecule has 0 fully saturated rings. The Kier molecular flexibility index (Phi) is 5.75. The fraction of sp³-hybridized carbons (Fsp3) is 0.0943. The third kappa shape index (κ3) is 6.12. The van der Waals surface area contributed by atoms with Crippen LogP contribution in [0.1, 0.15) is 49.7 Å². The van der Waals surface area contributed by atoms with Gasteiger partial charge in [0, 0.05) is 32.7 Å². The number of aryl methyl sites for hydroxylation is 1. The van der Waals surface area contributed by atoms with Crippen molar-refractivity contribution in [3.63, 3.8) is 0 Å². The van der Waals surface area contributed by atoms with E-state index < -0.39 is 60.6 Å². The van der Waals surface area contributed by atoms with Crippen LogP contribution < -0.4 is 9.30 Å². The van der Waals surface area contributed by atoms with Gasteiger partial charge in [-0.3, -0.25) is 13.7 Å². The molecule has 280 valence electrons. The molecule has 5 heteroatoms. The van der Waals surface area contributed by atoms with Gasteiger partial charge in [-0.2, -0.15) is 0 Å². The van der Waals surface area contributed by atoms with E-state index in [0.717, 1.165) is 27.4 Å². The molecule has 0 aliphatic carbocycles. The number of aromatic nitrogens is 4. The SMILES string of the molecule is [2H]c1c([2H])c([2H])c(-c2cnc(-n3c4ccccc4c4ccc(Oc5cccc(-n6[c-][n+](-c7c(-c8c([2H])c([2H])c([2H])c([2H])c8[2H])cccc7C(C)(C)C)c7ccccc76)c5)cc43)c(C([2H])([2H])[2H])c2)c([2H])c1[2H]. The van der Waals surface area contributed by atoms with E-state index in [2.05, 4.69) is 32.1 Å². The number of benzene rings is 7. The lowest BCUT2D eigenvalue weighted by Crippen LogP contribution is -2.34. The van der Waals surface area contributed by atoms with Gasteiger partial charge in [-0.1, -0.05) is 148 Å². The zero-order valence-corrected chi connectivity index (χ0v) is 31.7. The van der Waals surface area contributed by atoms with Gasteiger partial charge in [-0.25, -0.2) is 4.98 Å². The predicted octanol–water partition coefficient (Wildman–Crippen LogP) is 12.9. The van der Waals surface area contributed by atoms with Crippen LogP contribution in [0.15, 0.2) is 182 Å². The minimum atomic E-state index is -2.74. The van der Waals surface area contributed by atoms with Crippen molar-refractivity contribution in [3.05, 3.63) is 199 Å². The molecular weight excluding hydrogens is 709 g/mol. The third-order valence-corrected chi connectivity index (χ3v) is 10.2. The summed E-state index contributed by atoms with van der Waals surface area (Å²) < 4.78 is 123. The van der Waals surface area contributed by atoms with Crippen molar-refractivity contribution >= 4 is 32.8 Å². The second-order valence-corrected chi connectivity index (χ2v) is 14.9. The maximum atomic E-state index is 8.94. The van der Waals surface area contributed by atoms with Gasteiger partial charge in [0.2, 0.25) is 0 Å². The summed E-state index contributed by atoms with van der Waals surface area (Å²) in [4.78, 5) is 4.67. The lowest BCUT2D eigenvalue weighted by molar-refractivity contribution is -0.572. The Morgan fingerprint density at radius 2 is 1.36 bits per heavy atom. The Hall–Kier alpha value is -7.24. The molecule has 0 spiro atoms. The molecular formula is C53H42N4O. The number of ether oxygens (including phenoxy) is 1. The second kappa shape index (κ2) is 14.1. The van der Waals surface area contributed by atoms with E-state index in [1.165, 1.54) is 12.3 Å². The normalized spacial score (nSPS) is 15.2. The van der Waals surface area contributed by atoms with E-state index in [1.807, 2.05) is 100 Å². The van der Waals surface area contributed by atoms with Crippen molar-refractivity contribution in [1.82, 2.24) is 14.1 Å². The highest BCUT2D eigenvalue weighted by molar-refractivity contribution is 6.09. The fourth-order valence-corrected chi connectivity index (χ4v) is 7.62. The molecule has 0 saturated carbocycles. The van der Waals surface area contributed by atoms with Gasteiger partial charge in [0.25, 0.3) is 6.33 Å². The quantitative estimate of drug-likeness (QED) is 0.120. The largest absolute Gasteiger partial charge is 0.458 e. The maximum Gasteiger partial charge on any atom is 0.269 e. The van der Waals surface area contributed by atoms with Crippen molar-refractivity contribution in [2.75, 3.05) is 0 Å². The van der Waals surface area contributed by atoms with Crippen LogP contribution in [0.2, 0.25) is 0 Å². The number of para-hydroxylation sites is 4. The number of hydrogen-bond donors (Lipinski definition) is 0. The van der Waals surface area contributed by atoms with Crippen LogP contribution in [-0.4, -0.2) is 14.1 Å². The fourth-order valence-electron chi connectivity index (χ4n) is 7.62. The third-order valence-electron chi connectivity index (χ3n) is 10.2. The summed E-state index contributed by atoms with van der Waals surface area (Å²) in [6.45, 7) is 3.43. The number of hydrogen-bond acceptors (Lipinski definition) is 2. The van der Waals surface area contributed by atoms with Gasteiger partial charge in [-0.15, -0.1) is 0 Å². The van der Waals surface area contributed by atoms with Crippen molar-refractivity contribution < 1.29 is 27.1 Å². The Labute approximate surface area is 357 Å². The molecule has 0 unspecified atom stereocenters. The smallest absolute Gasteiger partial charge is 0.269 e. The molecule has 3 heterocycles. The Balaban J connectivity index is 1.10. The predicted molar refractivity (Wildman–Crippen MR) is 237 cm³/mol. The van der Waals surface area contributed by atoms with Crippen LogP contribution in [0.25, 0.3) is 72.3 Å². The Morgan fingerprint density at radius 3 is 2.16 bits per heavy atom. The monoisotopic (exact) mass is 763 g/mol. The number of fused-ring (bicyclic) bond motifs is 4. The van der Waals surface area contributed by atoms with Crippen LogP contribution in [0.3, 0.4) is 0 Å². The van der Waals surface area contributed by atoms with Gasteiger partial charge >= 0.3 is 0 Å². The molecule has 0 aliphatic rings. The van der Waals surface area contributed by atoms with Gasteiger partial charge in [0.15, 0.2) is 0 Å². The summed E-state index contributed by atoms with van der Waals surface area (Å²) >= 11 is 0. The lowest BCUT2D eigenvalue weighted by atomic mass is 9.83. The van der Waals surface area contributed by atoms with Crippen molar-refractivity contribution in [2.45, 2.75) is 33.0 Å². The van der Waals surface area contributed by atoms with E-state index in [1.54, 1.807) is 22.8 Å². The zero-order chi connectivity index (χ0) is 50.6. The Morgan fingerprint density at radius 1 is 0.655 bits per heavy atom. The molecule has 5 nitrogen and oxygen atoms in total. The number of pyridine rings is 1. The first-order chi connectivity index (χ1) is 33.7. The van der Waals surface area contributed by atoms with Crippen LogP contribution in [0.5, 0.6) is 11.5 Å². The standard InChI is InChI=1S/C53H42N4O/c1-36-31-39(37-17-7-5-8-18-37)34-54-52(36)57-47-26-12-11-23-44(47)45-30-29-42(33-50(45)57)58-41-22-15-21-40(32-41)55-35-56(49-28-14-13-27-48(49)55)51-43(38-19-9-6-10-20-38)24-16-25-46(51)53(2,3)4/h5-34H,1-4H3/i1D3,5D,6D,7D,8D,9D,10D,17D,18D,19D,20D. The number of rotatable bonds is 7. The minimum absolute atomic E-state index is 0.0627. The number of imidazole rings is 1. The molecule has 58 heavy (non-hydrogen) atoms. The highest BCUT2D eigenvalue weighted by atomic mass is 16.5. The summed E-state index contributed by atoms with van der Waals surface area (Å²) in [7, 11) is 0. The summed E-state index contributed by atoms with van der Waals surface area (Å²) in [5, 5.41) is 1.60. The van der Waals surface area contributed by atoms with Crippen LogP contribution >= 0.6 is 0 Å².